The van der Waals surface area contributed by atoms with E-state index in [-0.39, 0.29) is 30.2 Å². The third-order valence-corrected chi connectivity index (χ3v) is 4.92. The predicted octanol–water partition coefficient (Wildman–Crippen LogP) is 5.41. The Labute approximate surface area is 173 Å². The molecule has 2 rings (SSSR count). The summed E-state index contributed by atoms with van der Waals surface area (Å²) >= 11 is 0. The number of benzene rings is 1. The second-order valence-electron chi connectivity index (χ2n) is 6.97. The zero-order valence-electron chi connectivity index (χ0n) is 17.1. The lowest BCUT2D eigenvalue weighted by Crippen LogP contribution is -2.53. The molecule has 0 saturated carbocycles. The highest BCUT2D eigenvalue weighted by Crippen LogP contribution is 2.36. The van der Waals surface area contributed by atoms with E-state index in [1.807, 2.05) is 13.8 Å². The van der Waals surface area contributed by atoms with Crippen LogP contribution in [0.5, 0.6) is 0 Å². The van der Waals surface area contributed by atoms with Gasteiger partial charge in [0.1, 0.15) is 6.61 Å². The van der Waals surface area contributed by atoms with Gasteiger partial charge >= 0.3 is 12.3 Å². The fourth-order valence-electron chi connectivity index (χ4n) is 3.14. The normalized spacial score (nSPS) is 27.3. The van der Waals surface area contributed by atoms with Crippen LogP contribution in [-0.2, 0) is 18.9 Å². The number of alkyl halides is 3. The third kappa shape index (κ3) is 6.22. The topological polar surface area (TPSA) is 66.4 Å². The molecule has 0 radical (unpaired) electrons. The number of ether oxygens (including phenoxy) is 4. The van der Waals surface area contributed by atoms with E-state index in [0.29, 0.717) is 6.42 Å². The molecule has 0 N–H and O–H groups in total. The SMILES string of the molecule is C=CCOC(=O)OC1C(OC(=Nc2ccccc2)C(F)(F)F)OC(CC)[C@@H](C)[C@@H]1C. The van der Waals surface area contributed by atoms with Gasteiger partial charge in [0.05, 0.1) is 11.8 Å². The average molecular weight is 429 g/mol. The first-order chi connectivity index (χ1) is 14.2. The van der Waals surface area contributed by atoms with Gasteiger partial charge in [-0.15, -0.1) is 0 Å². The standard InChI is InChI=1S/C21H26F3NO5/c1-5-12-27-20(26)29-17-14(4)13(3)16(6-2)28-18(17)30-19(21(22,23)24)25-15-10-8-7-9-11-15/h5,7-11,13-14,16-18H,1,6,12H2,2-4H3/t13-,14-,16?,17?,18?/m0/s1. The minimum atomic E-state index is -4.87. The van der Waals surface area contributed by atoms with Crippen molar-refractivity contribution in [3.05, 3.63) is 43.0 Å². The second kappa shape index (κ2) is 10.5. The molecule has 1 fully saturated rings. The average Bonchev–Trinajstić information content (AvgIpc) is 2.71. The maximum Gasteiger partial charge on any atom is 0.509 e. The third-order valence-electron chi connectivity index (χ3n) is 4.92. The number of carbonyl (C=O) groups is 1. The number of nitrogens with zero attached hydrogens (tertiary/aromatic N) is 1. The fraction of sp³-hybridized carbons (Fsp3) is 0.524. The lowest BCUT2D eigenvalue weighted by Gasteiger charge is -2.43. The molecule has 1 saturated heterocycles. The first kappa shape index (κ1) is 23.7. The summed E-state index contributed by atoms with van der Waals surface area (Å²) in [7, 11) is 0. The number of carbonyl (C=O) groups excluding carboxylic acids is 1. The monoisotopic (exact) mass is 429 g/mol. The molecule has 6 nitrogen and oxygen atoms in total. The summed E-state index contributed by atoms with van der Waals surface area (Å²) in [5.41, 5.74) is 0.0666. The van der Waals surface area contributed by atoms with Crippen molar-refractivity contribution < 1.29 is 36.9 Å². The minimum Gasteiger partial charge on any atom is -0.440 e. The van der Waals surface area contributed by atoms with Gasteiger partial charge in [-0.25, -0.2) is 9.79 Å². The zero-order valence-corrected chi connectivity index (χ0v) is 17.1. The Morgan fingerprint density at radius 1 is 1.20 bits per heavy atom. The summed E-state index contributed by atoms with van der Waals surface area (Å²) in [6.45, 7) is 8.83. The highest BCUT2D eigenvalue weighted by molar-refractivity contribution is 5.84. The molecule has 0 bridgehead atoms. The van der Waals surface area contributed by atoms with Crippen molar-refractivity contribution in [1.29, 1.82) is 0 Å². The van der Waals surface area contributed by atoms with Crippen LogP contribution in [0, 0.1) is 11.8 Å². The molecule has 1 aromatic carbocycles. The predicted molar refractivity (Wildman–Crippen MR) is 104 cm³/mol. The number of hydrogen-bond acceptors (Lipinski definition) is 6. The van der Waals surface area contributed by atoms with Crippen LogP contribution in [0.3, 0.4) is 0 Å². The molecule has 0 aliphatic carbocycles. The van der Waals surface area contributed by atoms with Gasteiger partial charge in [0.25, 0.3) is 5.90 Å². The first-order valence-electron chi connectivity index (χ1n) is 9.64. The van der Waals surface area contributed by atoms with E-state index in [4.69, 9.17) is 18.9 Å². The smallest absolute Gasteiger partial charge is 0.440 e. The maximum atomic E-state index is 13.6. The second-order valence-corrected chi connectivity index (χ2v) is 6.97. The molecule has 1 aliphatic rings. The van der Waals surface area contributed by atoms with Crippen molar-refractivity contribution >= 4 is 17.7 Å². The summed E-state index contributed by atoms with van der Waals surface area (Å²) in [6.07, 6.45) is -7.01. The van der Waals surface area contributed by atoms with Crippen LogP contribution in [0.2, 0.25) is 0 Å². The van der Waals surface area contributed by atoms with Crippen molar-refractivity contribution in [2.45, 2.75) is 51.9 Å². The van der Waals surface area contributed by atoms with Gasteiger partial charge in [-0.05, 0) is 24.5 Å². The van der Waals surface area contributed by atoms with E-state index >= 15 is 0 Å². The van der Waals surface area contributed by atoms with Crippen molar-refractivity contribution in [3.63, 3.8) is 0 Å². The zero-order chi connectivity index (χ0) is 22.3. The Balaban J connectivity index is 2.32. The van der Waals surface area contributed by atoms with Gasteiger partial charge in [0, 0.05) is 5.92 Å². The van der Waals surface area contributed by atoms with E-state index in [9.17, 15) is 18.0 Å². The molecule has 0 amide bonds. The van der Waals surface area contributed by atoms with Crippen LogP contribution in [0.4, 0.5) is 23.7 Å². The number of rotatable bonds is 6. The number of halogens is 3. The van der Waals surface area contributed by atoms with Crippen molar-refractivity contribution in [2.24, 2.45) is 16.8 Å². The molecule has 0 spiro atoms. The molecule has 166 valence electrons. The van der Waals surface area contributed by atoms with Gasteiger partial charge in [-0.1, -0.05) is 51.6 Å². The lowest BCUT2D eigenvalue weighted by atomic mass is 9.82. The number of para-hydroxylation sites is 1. The van der Waals surface area contributed by atoms with Gasteiger partial charge in [0.15, 0.2) is 6.10 Å². The quantitative estimate of drug-likeness (QED) is 0.262. The van der Waals surface area contributed by atoms with E-state index in [2.05, 4.69) is 11.6 Å². The summed E-state index contributed by atoms with van der Waals surface area (Å²) in [4.78, 5) is 15.5. The van der Waals surface area contributed by atoms with Gasteiger partial charge in [-0.2, -0.15) is 13.2 Å². The summed E-state index contributed by atoms with van der Waals surface area (Å²) in [5.74, 6) is -1.92. The van der Waals surface area contributed by atoms with Gasteiger partial charge in [-0.3, -0.25) is 0 Å². The Bertz CT molecular complexity index is 738. The molecule has 5 atom stereocenters. The summed E-state index contributed by atoms with van der Waals surface area (Å²) in [5, 5.41) is 0. The summed E-state index contributed by atoms with van der Waals surface area (Å²) < 4.78 is 61.8. The van der Waals surface area contributed by atoms with Gasteiger partial charge < -0.3 is 18.9 Å². The molecule has 1 aliphatic heterocycles. The minimum absolute atomic E-state index is 0.0666. The van der Waals surface area contributed by atoms with Crippen LogP contribution in [0.1, 0.15) is 27.2 Å². The molecule has 1 heterocycles. The number of hydrogen-bond donors (Lipinski definition) is 0. The Hall–Kier alpha value is -2.55. The van der Waals surface area contributed by atoms with Crippen molar-refractivity contribution in [2.75, 3.05) is 6.61 Å². The van der Waals surface area contributed by atoms with E-state index in [1.165, 1.54) is 18.2 Å². The Morgan fingerprint density at radius 2 is 1.87 bits per heavy atom. The Kier molecular flexibility index (Phi) is 8.28. The molecule has 30 heavy (non-hydrogen) atoms. The van der Waals surface area contributed by atoms with Crippen LogP contribution < -0.4 is 0 Å². The summed E-state index contributed by atoms with van der Waals surface area (Å²) in [6, 6.07) is 7.60. The number of aliphatic imine (C=N–C) groups is 1. The maximum absolute atomic E-state index is 13.6. The molecule has 0 aromatic heterocycles. The highest BCUT2D eigenvalue weighted by Gasteiger charge is 2.48. The molecule has 1 aromatic rings. The Morgan fingerprint density at radius 3 is 2.43 bits per heavy atom. The van der Waals surface area contributed by atoms with Crippen LogP contribution in [-0.4, -0.2) is 43.3 Å². The largest absolute Gasteiger partial charge is 0.509 e. The van der Waals surface area contributed by atoms with Crippen molar-refractivity contribution in [3.8, 4) is 0 Å². The molecule has 3 unspecified atom stereocenters. The van der Waals surface area contributed by atoms with Crippen LogP contribution in [0.25, 0.3) is 0 Å². The molecular weight excluding hydrogens is 403 g/mol. The lowest BCUT2D eigenvalue weighted by molar-refractivity contribution is -0.253. The first-order valence-corrected chi connectivity index (χ1v) is 9.64. The van der Waals surface area contributed by atoms with Gasteiger partial charge in [0.2, 0.25) is 6.29 Å². The van der Waals surface area contributed by atoms with Crippen LogP contribution >= 0.6 is 0 Å². The van der Waals surface area contributed by atoms with E-state index in [1.54, 1.807) is 25.1 Å². The van der Waals surface area contributed by atoms with Crippen molar-refractivity contribution in [1.82, 2.24) is 0 Å². The van der Waals surface area contributed by atoms with E-state index in [0.717, 1.165) is 0 Å². The molecule has 9 heteroatoms. The molecular formula is C21H26F3NO5. The highest BCUT2D eigenvalue weighted by atomic mass is 19.4. The van der Waals surface area contributed by atoms with Crippen LogP contribution in [0.15, 0.2) is 48.0 Å². The van der Waals surface area contributed by atoms with E-state index < -0.39 is 30.6 Å². The fourth-order valence-corrected chi connectivity index (χ4v) is 3.14.